The summed E-state index contributed by atoms with van der Waals surface area (Å²) in [5, 5.41) is 13.4. The van der Waals surface area contributed by atoms with Gasteiger partial charge in [0, 0.05) is 18.9 Å². The summed E-state index contributed by atoms with van der Waals surface area (Å²) in [6.45, 7) is 1.91. The molecular weight excluding hydrogens is 222 g/mol. The van der Waals surface area contributed by atoms with Crippen molar-refractivity contribution in [3.8, 4) is 0 Å². The molecule has 92 valence electrons. The van der Waals surface area contributed by atoms with Gasteiger partial charge in [0.05, 0.1) is 19.1 Å². The van der Waals surface area contributed by atoms with Crippen LogP contribution in [0.2, 0.25) is 0 Å². The molecule has 0 spiro atoms. The molecule has 1 aromatic heterocycles. The van der Waals surface area contributed by atoms with Gasteiger partial charge in [-0.25, -0.2) is 9.67 Å². The maximum atomic E-state index is 10.9. The van der Waals surface area contributed by atoms with E-state index in [1.807, 2.05) is 0 Å². The summed E-state index contributed by atoms with van der Waals surface area (Å²) >= 11 is 0. The van der Waals surface area contributed by atoms with Gasteiger partial charge in [-0.15, -0.1) is 0 Å². The van der Waals surface area contributed by atoms with E-state index in [9.17, 15) is 4.79 Å². The third-order valence-electron chi connectivity index (χ3n) is 3.52. The number of aromatic nitrogens is 3. The number of carboxylic acids is 1. The lowest BCUT2D eigenvalue weighted by atomic mass is 10.0. The fourth-order valence-electron chi connectivity index (χ4n) is 2.44. The summed E-state index contributed by atoms with van der Waals surface area (Å²) in [5.74, 6) is 0.970. The second-order valence-electron chi connectivity index (χ2n) is 4.70. The largest absolute Gasteiger partial charge is 0.481 e. The van der Waals surface area contributed by atoms with E-state index in [4.69, 9.17) is 9.84 Å². The van der Waals surface area contributed by atoms with Gasteiger partial charge in [-0.3, -0.25) is 4.79 Å². The van der Waals surface area contributed by atoms with Crippen molar-refractivity contribution in [2.45, 2.75) is 31.7 Å². The number of aliphatic carboxylic acids is 1. The third-order valence-corrected chi connectivity index (χ3v) is 3.52. The maximum Gasteiger partial charge on any atom is 0.308 e. The molecule has 1 fully saturated rings. The zero-order valence-electron chi connectivity index (χ0n) is 9.50. The Balaban J connectivity index is 1.81. The predicted molar refractivity (Wildman–Crippen MR) is 57.6 cm³/mol. The Morgan fingerprint density at radius 1 is 1.47 bits per heavy atom. The van der Waals surface area contributed by atoms with Gasteiger partial charge in [0.25, 0.3) is 0 Å². The second kappa shape index (κ2) is 4.10. The summed E-state index contributed by atoms with van der Waals surface area (Å²) in [6.07, 6.45) is 2.33. The van der Waals surface area contributed by atoms with Crippen molar-refractivity contribution in [1.82, 2.24) is 14.8 Å². The molecule has 6 heteroatoms. The number of carboxylic acid groups (broad SMARTS) is 1. The van der Waals surface area contributed by atoms with Crippen LogP contribution in [0.4, 0.5) is 0 Å². The minimum Gasteiger partial charge on any atom is -0.481 e. The van der Waals surface area contributed by atoms with Crippen LogP contribution in [-0.4, -0.2) is 39.1 Å². The van der Waals surface area contributed by atoms with E-state index < -0.39 is 5.97 Å². The number of ether oxygens (including phenoxy) is 1. The summed E-state index contributed by atoms with van der Waals surface area (Å²) in [4.78, 5) is 15.5. The molecule has 1 saturated heterocycles. The molecule has 1 N–H and O–H groups in total. The molecule has 0 aliphatic carbocycles. The molecule has 1 aromatic rings. The molecule has 2 aliphatic rings. The topological polar surface area (TPSA) is 77.2 Å². The molecule has 0 amide bonds. The first-order chi connectivity index (χ1) is 8.24. The number of fused-ring (bicyclic) bond motifs is 1. The van der Waals surface area contributed by atoms with Crippen molar-refractivity contribution in [1.29, 1.82) is 0 Å². The van der Waals surface area contributed by atoms with Crippen LogP contribution in [0.25, 0.3) is 0 Å². The summed E-state index contributed by atoms with van der Waals surface area (Å²) < 4.78 is 7.08. The Labute approximate surface area is 98.6 Å². The van der Waals surface area contributed by atoms with Gasteiger partial charge in [-0.2, -0.15) is 5.10 Å². The van der Waals surface area contributed by atoms with Crippen LogP contribution in [0.5, 0.6) is 0 Å². The fourth-order valence-corrected chi connectivity index (χ4v) is 2.44. The predicted octanol–water partition coefficient (Wildman–Crippen LogP) is 0.429. The van der Waals surface area contributed by atoms with Gasteiger partial charge in [-0.05, 0) is 12.8 Å². The Morgan fingerprint density at radius 2 is 2.35 bits per heavy atom. The molecule has 0 bridgehead atoms. The number of rotatable bonds is 2. The SMILES string of the molecule is O=C(O)C1CCc2nc(C3CCOC3)nn2C1. The van der Waals surface area contributed by atoms with Crippen LogP contribution < -0.4 is 0 Å². The standard InChI is InChI=1S/C11H15N3O3/c15-11(16)7-1-2-9-12-10(13-14(9)5-7)8-3-4-17-6-8/h7-8H,1-6H2,(H,15,16). The first kappa shape index (κ1) is 10.7. The van der Waals surface area contributed by atoms with Crippen LogP contribution >= 0.6 is 0 Å². The van der Waals surface area contributed by atoms with Crippen LogP contribution in [0.3, 0.4) is 0 Å². The highest BCUT2D eigenvalue weighted by Crippen LogP contribution is 2.25. The quantitative estimate of drug-likeness (QED) is 0.807. The number of aryl methyl sites for hydroxylation is 1. The summed E-state index contributed by atoms with van der Waals surface area (Å²) in [7, 11) is 0. The van der Waals surface area contributed by atoms with Crippen molar-refractivity contribution in [3.05, 3.63) is 11.6 Å². The minimum atomic E-state index is -0.739. The molecule has 6 nitrogen and oxygen atoms in total. The van der Waals surface area contributed by atoms with E-state index in [1.54, 1.807) is 4.68 Å². The first-order valence-corrected chi connectivity index (χ1v) is 5.98. The highest BCUT2D eigenvalue weighted by atomic mass is 16.5. The van der Waals surface area contributed by atoms with E-state index >= 15 is 0 Å². The van der Waals surface area contributed by atoms with E-state index in [2.05, 4.69) is 10.1 Å². The Kier molecular flexibility index (Phi) is 2.58. The number of carbonyl (C=O) groups is 1. The molecule has 2 aliphatic heterocycles. The van der Waals surface area contributed by atoms with E-state index in [-0.39, 0.29) is 11.8 Å². The lowest BCUT2D eigenvalue weighted by Crippen LogP contribution is -2.27. The zero-order chi connectivity index (χ0) is 11.8. The Morgan fingerprint density at radius 3 is 3.06 bits per heavy atom. The first-order valence-electron chi connectivity index (χ1n) is 5.98. The van der Waals surface area contributed by atoms with Crippen molar-refractivity contribution in [3.63, 3.8) is 0 Å². The highest BCUT2D eigenvalue weighted by molar-refractivity contribution is 5.70. The lowest BCUT2D eigenvalue weighted by Gasteiger charge is -2.18. The summed E-state index contributed by atoms with van der Waals surface area (Å²) in [6, 6.07) is 0. The van der Waals surface area contributed by atoms with Crippen molar-refractivity contribution < 1.29 is 14.6 Å². The van der Waals surface area contributed by atoms with Crippen molar-refractivity contribution in [2.24, 2.45) is 5.92 Å². The Bertz CT molecular complexity index is 437. The van der Waals surface area contributed by atoms with Crippen LogP contribution in [0, 0.1) is 5.92 Å². The van der Waals surface area contributed by atoms with E-state index in [1.165, 1.54) is 0 Å². The molecule has 2 unspecified atom stereocenters. The van der Waals surface area contributed by atoms with Crippen molar-refractivity contribution >= 4 is 5.97 Å². The minimum absolute atomic E-state index is 0.288. The van der Waals surface area contributed by atoms with Crippen LogP contribution in [-0.2, 0) is 22.5 Å². The monoisotopic (exact) mass is 237 g/mol. The van der Waals surface area contributed by atoms with Gasteiger partial charge < -0.3 is 9.84 Å². The summed E-state index contributed by atoms with van der Waals surface area (Å²) in [5.41, 5.74) is 0. The molecular formula is C11H15N3O3. The third kappa shape index (κ3) is 1.93. The maximum absolute atomic E-state index is 10.9. The lowest BCUT2D eigenvalue weighted by molar-refractivity contribution is -0.142. The fraction of sp³-hybridized carbons (Fsp3) is 0.727. The zero-order valence-corrected chi connectivity index (χ0v) is 9.50. The normalized spacial score (nSPS) is 28.0. The number of hydrogen-bond donors (Lipinski definition) is 1. The van der Waals surface area contributed by atoms with Gasteiger partial charge in [-0.1, -0.05) is 0 Å². The van der Waals surface area contributed by atoms with Crippen LogP contribution in [0.15, 0.2) is 0 Å². The van der Waals surface area contributed by atoms with E-state index in [0.29, 0.717) is 26.0 Å². The average Bonchev–Trinajstić information content (AvgIpc) is 2.96. The van der Waals surface area contributed by atoms with Gasteiger partial charge in [0.15, 0.2) is 5.82 Å². The van der Waals surface area contributed by atoms with Gasteiger partial charge in [0.1, 0.15) is 5.82 Å². The molecule has 17 heavy (non-hydrogen) atoms. The Hall–Kier alpha value is -1.43. The number of hydrogen-bond acceptors (Lipinski definition) is 4. The molecule has 3 rings (SSSR count). The second-order valence-corrected chi connectivity index (χ2v) is 4.70. The highest BCUT2D eigenvalue weighted by Gasteiger charge is 2.29. The smallest absolute Gasteiger partial charge is 0.308 e. The molecule has 0 aromatic carbocycles. The molecule has 3 heterocycles. The number of nitrogens with zero attached hydrogens (tertiary/aromatic N) is 3. The van der Waals surface area contributed by atoms with E-state index in [0.717, 1.165) is 24.7 Å². The van der Waals surface area contributed by atoms with Crippen LogP contribution in [0.1, 0.15) is 30.4 Å². The van der Waals surface area contributed by atoms with Crippen molar-refractivity contribution in [2.75, 3.05) is 13.2 Å². The van der Waals surface area contributed by atoms with Gasteiger partial charge in [0.2, 0.25) is 0 Å². The molecule has 0 saturated carbocycles. The van der Waals surface area contributed by atoms with Gasteiger partial charge >= 0.3 is 5.97 Å². The molecule has 2 atom stereocenters. The average molecular weight is 237 g/mol. The molecule has 0 radical (unpaired) electrons.